The van der Waals surface area contributed by atoms with Gasteiger partial charge in [0.2, 0.25) is 0 Å². The van der Waals surface area contributed by atoms with Crippen LogP contribution in [0.3, 0.4) is 0 Å². The van der Waals surface area contributed by atoms with Crippen LogP contribution in [0.4, 0.5) is 0 Å². The van der Waals surface area contributed by atoms with Gasteiger partial charge in [-0.25, -0.2) is 0 Å². The van der Waals surface area contributed by atoms with Crippen LogP contribution in [0, 0.1) is 6.92 Å². The number of hydrogen-bond acceptors (Lipinski definition) is 4. The Morgan fingerprint density at radius 3 is 2.18 bits per heavy atom. The average molecular weight is 409 g/mol. The number of benzene rings is 1. The summed E-state index contributed by atoms with van der Waals surface area (Å²) in [5.41, 5.74) is 1.82. The normalized spacial score (nSPS) is 13.9. The molecule has 0 aliphatic rings. The molecule has 0 aromatic heterocycles. The first-order valence-corrected chi connectivity index (χ1v) is 13.1. The lowest BCUT2D eigenvalue weighted by Gasteiger charge is -2.37. The summed E-state index contributed by atoms with van der Waals surface area (Å²) in [5, 5.41) is 0.151. The number of rotatable bonds is 8. The molecular formula is C23H40O4Si. The Labute approximate surface area is 173 Å². The smallest absolute Gasteiger partial charge is 0.306 e. The van der Waals surface area contributed by atoms with Gasteiger partial charge >= 0.3 is 5.97 Å². The third-order valence-corrected chi connectivity index (χ3v) is 9.96. The zero-order valence-electron chi connectivity index (χ0n) is 19.6. The van der Waals surface area contributed by atoms with E-state index in [9.17, 15) is 4.79 Å². The summed E-state index contributed by atoms with van der Waals surface area (Å²) in [6.45, 7) is 19.6. The van der Waals surface area contributed by atoms with Gasteiger partial charge in [0.15, 0.2) is 8.32 Å². The van der Waals surface area contributed by atoms with Crippen LogP contribution in [0.2, 0.25) is 18.1 Å². The first kappa shape index (κ1) is 24.7. The molecule has 1 aromatic rings. The van der Waals surface area contributed by atoms with Crippen molar-refractivity contribution in [2.45, 2.75) is 91.0 Å². The van der Waals surface area contributed by atoms with E-state index < -0.39 is 13.9 Å². The van der Waals surface area contributed by atoms with Gasteiger partial charge in [0.05, 0.1) is 7.11 Å². The molecule has 0 aliphatic carbocycles. The molecule has 5 heteroatoms. The summed E-state index contributed by atoms with van der Waals surface area (Å²) in [6.07, 6.45) is 1.09. The molecule has 0 bridgehead atoms. The van der Waals surface area contributed by atoms with Crippen molar-refractivity contribution in [3.8, 4) is 5.75 Å². The number of esters is 1. The van der Waals surface area contributed by atoms with Gasteiger partial charge in [0.25, 0.3) is 0 Å². The molecule has 0 radical (unpaired) electrons. The molecule has 160 valence electrons. The van der Waals surface area contributed by atoms with Crippen LogP contribution >= 0.6 is 0 Å². The van der Waals surface area contributed by atoms with E-state index in [4.69, 9.17) is 13.9 Å². The Bertz CT molecular complexity index is 654. The van der Waals surface area contributed by atoms with E-state index in [1.165, 1.54) is 5.56 Å². The van der Waals surface area contributed by atoms with Crippen molar-refractivity contribution in [1.29, 1.82) is 0 Å². The summed E-state index contributed by atoms with van der Waals surface area (Å²) in [7, 11) is -0.184. The number of hydrogen-bond donors (Lipinski definition) is 0. The van der Waals surface area contributed by atoms with Crippen LogP contribution in [0.1, 0.15) is 71.4 Å². The third-order valence-electron chi connectivity index (χ3n) is 5.46. The summed E-state index contributed by atoms with van der Waals surface area (Å²) in [4.78, 5) is 12.2. The van der Waals surface area contributed by atoms with Crippen molar-refractivity contribution in [3.63, 3.8) is 0 Å². The molecule has 0 unspecified atom stereocenters. The van der Waals surface area contributed by atoms with Crippen LogP contribution in [0.15, 0.2) is 18.2 Å². The molecule has 0 saturated heterocycles. The minimum Gasteiger partial charge on any atom is -0.496 e. The summed E-state index contributed by atoms with van der Waals surface area (Å²) in [6, 6.07) is 6.23. The van der Waals surface area contributed by atoms with Gasteiger partial charge in [-0.15, -0.1) is 0 Å². The first-order chi connectivity index (χ1) is 12.7. The number of carbonyl (C=O) groups is 1. The third kappa shape index (κ3) is 7.59. The Morgan fingerprint density at radius 1 is 1.11 bits per heavy atom. The lowest BCUT2D eigenvalue weighted by atomic mass is 9.93. The van der Waals surface area contributed by atoms with Crippen LogP contribution in [-0.4, -0.2) is 33.6 Å². The highest BCUT2D eigenvalue weighted by Crippen LogP contribution is 2.38. The Balaban J connectivity index is 2.97. The SMILES string of the molecule is COc1ccc([C@H](CCC(=O)OC(C)(C)C)CO[Si](C)(C)C(C)(C)C)cc1C. The molecule has 1 rings (SSSR count). The predicted octanol–water partition coefficient (Wildman–Crippen LogP) is 6.23. The maximum absolute atomic E-state index is 12.2. The highest BCUT2D eigenvalue weighted by molar-refractivity contribution is 6.74. The maximum Gasteiger partial charge on any atom is 0.306 e. The molecule has 0 amide bonds. The van der Waals surface area contributed by atoms with E-state index in [-0.39, 0.29) is 16.9 Å². The molecule has 1 atom stereocenters. The van der Waals surface area contributed by atoms with Crippen molar-refractivity contribution in [2.24, 2.45) is 0 Å². The lowest BCUT2D eigenvalue weighted by Crippen LogP contribution is -2.41. The second-order valence-corrected chi connectivity index (χ2v) is 14.9. The van der Waals surface area contributed by atoms with E-state index in [1.807, 2.05) is 33.8 Å². The first-order valence-electron chi connectivity index (χ1n) is 10.2. The Kier molecular flexibility index (Phi) is 8.33. The molecular weight excluding hydrogens is 368 g/mol. The van der Waals surface area contributed by atoms with Crippen LogP contribution in [0.25, 0.3) is 0 Å². The minimum atomic E-state index is -1.87. The largest absolute Gasteiger partial charge is 0.496 e. The second kappa shape index (κ2) is 9.44. The molecule has 4 nitrogen and oxygen atoms in total. The summed E-state index contributed by atoms with van der Waals surface area (Å²) in [5.74, 6) is 0.862. The van der Waals surface area contributed by atoms with E-state index in [2.05, 4.69) is 46.0 Å². The molecule has 0 spiro atoms. The van der Waals surface area contributed by atoms with Gasteiger partial charge in [-0.2, -0.15) is 0 Å². The van der Waals surface area contributed by atoms with E-state index in [0.29, 0.717) is 19.4 Å². The number of aryl methyl sites for hydroxylation is 1. The van der Waals surface area contributed by atoms with Crippen molar-refractivity contribution < 1.29 is 18.7 Å². The molecule has 0 saturated carbocycles. The molecule has 28 heavy (non-hydrogen) atoms. The number of ether oxygens (including phenoxy) is 2. The van der Waals surface area contributed by atoms with E-state index >= 15 is 0 Å². The topological polar surface area (TPSA) is 44.8 Å². The van der Waals surface area contributed by atoms with E-state index in [1.54, 1.807) is 7.11 Å². The zero-order chi connectivity index (χ0) is 21.8. The fourth-order valence-corrected chi connectivity index (χ4v) is 3.76. The molecule has 0 aliphatic heterocycles. The highest BCUT2D eigenvalue weighted by Gasteiger charge is 2.37. The monoisotopic (exact) mass is 408 g/mol. The van der Waals surface area contributed by atoms with Crippen molar-refractivity contribution in [1.82, 2.24) is 0 Å². The minimum absolute atomic E-state index is 0.145. The highest BCUT2D eigenvalue weighted by atomic mass is 28.4. The molecule has 0 heterocycles. The standard InChI is InChI=1S/C23H40O4Si/c1-17-15-18(11-13-20(17)25-8)19(12-14-21(24)27-22(2,3)4)16-26-28(9,10)23(5,6)7/h11,13,15,19H,12,14,16H2,1-10H3/t19-/m1/s1. The Hall–Kier alpha value is -1.33. The van der Waals surface area contributed by atoms with Gasteiger partial charge in [-0.3, -0.25) is 4.79 Å². The maximum atomic E-state index is 12.2. The quantitative estimate of drug-likeness (QED) is 0.378. The van der Waals surface area contributed by atoms with Crippen LogP contribution in [-0.2, 0) is 14.0 Å². The lowest BCUT2D eigenvalue weighted by molar-refractivity contribution is -0.155. The van der Waals surface area contributed by atoms with Gasteiger partial charge in [-0.1, -0.05) is 32.9 Å². The average Bonchev–Trinajstić information content (AvgIpc) is 2.52. The Morgan fingerprint density at radius 2 is 1.71 bits per heavy atom. The summed E-state index contributed by atoms with van der Waals surface area (Å²) < 4.78 is 17.4. The number of carbonyl (C=O) groups excluding carboxylic acids is 1. The van der Waals surface area contributed by atoms with Gasteiger partial charge in [0, 0.05) is 18.9 Å². The molecule has 1 aromatic carbocycles. The number of methoxy groups -OCH3 is 1. The second-order valence-electron chi connectivity index (χ2n) is 10.1. The van der Waals surface area contributed by atoms with Gasteiger partial charge < -0.3 is 13.9 Å². The van der Waals surface area contributed by atoms with Crippen molar-refractivity contribution in [3.05, 3.63) is 29.3 Å². The summed E-state index contributed by atoms with van der Waals surface area (Å²) >= 11 is 0. The molecule has 0 fully saturated rings. The fourth-order valence-electron chi connectivity index (χ4n) is 2.71. The van der Waals surface area contributed by atoms with E-state index in [0.717, 1.165) is 11.3 Å². The van der Waals surface area contributed by atoms with Crippen molar-refractivity contribution in [2.75, 3.05) is 13.7 Å². The van der Waals surface area contributed by atoms with Gasteiger partial charge in [-0.05, 0) is 69.4 Å². The van der Waals surface area contributed by atoms with Crippen LogP contribution < -0.4 is 4.74 Å². The van der Waals surface area contributed by atoms with Crippen LogP contribution in [0.5, 0.6) is 5.75 Å². The molecule has 0 N–H and O–H groups in total. The fraction of sp³-hybridized carbons (Fsp3) is 0.696. The van der Waals surface area contributed by atoms with Crippen molar-refractivity contribution >= 4 is 14.3 Å². The predicted molar refractivity (Wildman–Crippen MR) is 119 cm³/mol. The van der Waals surface area contributed by atoms with Gasteiger partial charge in [0.1, 0.15) is 11.4 Å². The zero-order valence-corrected chi connectivity index (χ0v) is 20.6.